The summed E-state index contributed by atoms with van der Waals surface area (Å²) in [6.45, 7) is 2.59. The predicted molar refractivity (Wildman–Crippen MR) is 58.0 cm³/mol. The molecule has 79 valence electrons. The van der Waals surface area contributed by atoms with E-state index in [9.17, 15) is 4.39 Å². The Bertz CT molecular complexity index is 349. The highest BCUT2D eigenvalue weighted by molar-refractivity contribution is 5.21. The van der Waals surface area contributed by atoms with Gasteiger partial charge in [-0.2, -0.15) is 0 Å². The summed E-state index contributed by atoms with van der Waals surface area (Å²) in [6.07, 6.45) is 2.68. The summed E-state index contributed by atoms with van der Waals surface area (Å²) in [5, 5.41) is 0. The van der Waals surface area contributed by atoms with Crippen LogP contribution in [0.4, 0.5) is 4.39 Å². The third-order valence-electron chi connectivity index (χ3n) is 1.73. The van der Waals surface area contributed by atoms with Crippen molar-refractivity contribution in [2.24, 2.45) is 0 Å². The second-order valence-corrected chi connectivity index (χ2v) is 3.07. The zero-order valence-corrected chi connectivity index (χ0v) is 8.85. The molecule has 0 fully saturated rings. The molecule has 0 heterocycles. The summed E-state index contributed by atoms with van der Waals surface area (Å²) in [4.78, 5) is 0. The van der Waals surface area contributed by atoms with E-state index in [0.717, 1.165) is 12.8 Å². The molecule has 0 aliphatic heterocycles. The van der Waals surface area contributed by atoms with E-state index in [0.29, 0.717) is 18.8 Å². The summed E-state index contributed by atoms with van der Waals surface area (Å²) in [5.41, 5.74) is 0. The first-order valence-electron chi connectivity index (χ1n) is 5.08. The van der Waals surface area contributed by atoms with Crippen LogP contribution in [0.1, 0.15) is 26.2 Å². The molecular weight excluding hydrogens is 191 g/mol. The molecule has 2 heteroatoms. The minimum atomic E-state index is -0.399. The topological polar surface area (TPSA) is 9.23 Å². The number of benzene rings is 1. The van der Waals surface area contributed by atoms with Gasteiger partial charge >= 0.3 is 0 Å². The van der Waals surface area contributed by atoms with Crippen molar-refractivity contribution in [2.45, 2.75) is 26.2 Å². The predicted octanol–water partition coefficient (Wildman–Crippen LogP) is 3.20. The van der Waals surface area contributed by atoms with Crippen molar-refractivity contribution in [2.75, 3.05) is 6.61 Å². The SMILES string of the molecule is CCCC#CCCOc1cc[c]c(F)c1. The molecule has 0 N–H and O–H groups in total. The Labute approximate surface area is 90.3 Å². The molecule has 1 rings (SSSR count). The standard InChI is InChI=1S/C13H14FO/c1-2-3-4-5-6-10-15-13-9-7-8-12(14)11-13/h7,9,11H,2-3,6,10H2,1H3. The maximum Gasteiger partial charge on any atom is 0.134 e. The van der Waals surface area contributed by atoms with E-state index in [2.05, 4.69) is 24.8 Å². The Morgan fingerprint density at radius 1 is 1.40 bits per heavy atom. The molecular formula is C13H14FO. The van der Waals surface area contributed by atoms with Gasteiger partial charge in [0, 0.05) is 25.0 Å². The summed E-state index contributed by atoms with van der Waals surface area (Å²) in [6, 6.07) is 6.92. The molecule has 1 aromatic carbocycles. The molecule has 0 aliphatic rings. The molecule has 0 unspecified atom stereocenters. The van der Waals surface area contributed by atoms with Gasteiger partial charge in [-0.05, 0) is 18.6 Å². The molecule has 0 bridgehead atoms. The average molecular weight is 205 g/mol. The zero-order chi connectivity index (χ0) is 10.9. The largest absolute Gasteiger partial charge is 0.492 e. The van der Waals surface area contributed by atoms with Gasteiger partial charge in [0.15, 0.2) is 0 Å². The fourth-order valence-corrected chi connectivity index (χ4v) is 1.03. The first kappa shape index (κ1) is 11.6. The van der Waals surface area contributed by atoms with Crippen molar-refractivity contribution >= 4 is 0 Å². The van der Waals surface area contributed by atoms with Gasteiger partial charge in [0.2, 0.25) is 0 Å². The second-order valence-electron chi connectivity index (χ2n) is 3.07. The lowest BCUT2D eigenvalue weighted by atomic mass is 10.3. The smallest absolute Gasteiger partial charge is 0.134 e. The molecule has 0 saturated heterocycles. The average Bonchev–Trinajstić information content (AvgIpc) is 2.23. The molecule has 15 heavy (non-hydrogen) atoms. The second kappa shape index (κ2) is 6.89. The Balaban J connectivity index is 2.24. The van der Waals surface area contributed by atoms with Crippen LogP contribution >= 0.6 is 0 Å². The Hall–Kier alpha value is -1.49. The molecule has 0 aromatic heterocycles. The van der Waals surface area contributed by atoms with E-state index in [1.54, 1.807) is 6.07 Å². The van der Waals surface area contributed by atoms with Gasteiger partial charge in [-0.3, -0.25) is 0 Å². The first-order chi connectivity index (χ1) is 7.33. The lowest BCUT2D eigenvalue weighted by Gasteiger charge is -2.02. The van der Waals surface area contributed by atoms with Crippen molar-refractivity contribution in [1.82, 2.24) is 0 Å². The lowest BCUT2D eigenvalue weighted by molar-refractivity contribution is 0.325. The van der Waals surface area contributed by atoms with Gasteiger partial charge < -0.3 is 4.74 Å². The number of halogens is 1. The minimum Gasteiger partial charge on any atom is -0.492 e. The summed E-state index contributed by atoms with van der Waals surface area (Å²) < 4.78 is 18.0. The number of hydrogen-bond donors (Lipinski definition) is 0. The van der Waals surface area contributed by atoms with E-state index >= 15 is 0 Å². The van der Waals surface area contributed by atoms with E-state index in [-0.39, 0.29) is 0 Å². The highest BCUT2D eigenvalue weighted by atomic mass is 19.1. The first-order valence-corrected chi connectivity index (χ1v) is 5.08. The van der Waals surface area contributed by atoms with Crippen LogP contribution in [0.25, 0.3) is 0 Å². The number of hydrogen-bond acceptors (Lipinski definition) is 1. The Morgan fingerprint density at radius 2 is 2.20 bits per heavy atom. The number of ether oxygens (including phenoxy) is 1. The van der Waals surface area contributed by atoms with Crippen LogP contribution in [0.3, 0.4) is 0 Å². The summed E-state index contributed by atoms with van der Waals surface area (Å²) in [7, 11) is 0. The van der Waals surface area contributed by atoms with Crippen molar-refractivity contribution in [3.05, 3.63) is 30.1 Å². The third kappa shape index (κ3) is 5.07. The monoisotopic (exact) mass is 205 g/mol. The summed E-state index contributed by atoms with van der Waals surface area (Å²) >= 11 is 0. The third-order valence-corrected chi connectivity index (χ3v) is 1.73. The van der Waals surface area contributed by atoms with Crippen LogP contribution in [-0.2, 0) is 0 Å². The van der Waals surface area contributed by atoms with Crippen LogP contribution in [0.5, 0.6) is 5.75 Å². The van der Waals surface area contributed by atoms with Crippen molar-refractivity contribution < 1.29 is 9.13 Å². The van der Waals surface area contributed by atoms with Crippen LogP contribution in [-0.4, -0.2) is 6.61 Å². The molecule has 0 atom stereocenters. The van der Waals surface area contributed by atoms with Gasteiger partial charge in [-0.1, -0.05) is 12.8 Å². The highest BCUT2D eigenvalue weighted by Crippen LogP contribution is 2.11. The molecule has 0 spiro atoms. The van der Waals surface area contributed by atoms with Crippen molar-refractivity contribution in [3.8, 4) is 17.6 Å². The van der Waals surface area contributed by atoms with Crippen LogP contribution in [0, 0.1) is 23.7 Å². The van der Waals surface area contributed by atoms with Crippen molar-refractivity contribution in [3.63, 3.8) is 0 Å². The lowest BCUT2D eigenvalue weighted by Crippen LogP contribution is -1.95. The molecule has 1 radical (unpaired) electrons. The molecule has 0 amide bonds. The number of unbranched alkanes of at least 4 members (excludes halogenated alkanes) is 1. The van der Waals surface area contributed by atoms with E-state index in [1.807, 2.05) is 0 Å². The van der Waals surface area contributed by atoms with Gasteiger partial charge in [0.1, 0.15) is 11.6 Å². The Morgan fingerprint density at radius 3 is 2.93 bits per heavy atom. The quantitative estimate of drug-likeness (QED) is 0.541. The van der Waals surface area contributed by atoms with Crippen molar-refractivity contribution in [1.29, 1.82) is 0 Å². The maximum atomic E-state index is 12.7. The highest BCUT2D eigenvalue weighted by Gasteiger charge is 1.94. The van der Waals surface area contributed by atoms with Gasteiger partial charge in [-0.15, -0.1) is 5.92 Å². The number of rotatable bonds is 4. The fourth-order valence-electron chi connectivity index (χ4n) is 1.03. The Kier molecular flexibility index (Phi) is 5.32. The van der Waals surface area contributed by atoms with E-state index < -0.39 is 5.82 Å². The summed E-state index contributed by atoms with van der Waals surface area (Å²) in [5.74, 6) is 6.15. The van der Waals surface area contributed by atoms with E-state index in [1.165, 1.54) is 12.1 Å². The molecule has 0 saturated carbocycles. The molecule has 1 nitrogen and oxygen atoms in total. The van der Waals surface area contributed by atoms with Crippen LogP contribution in [0.2, 0.25) is 0 Å². The van der Waals surface area contributed by atoms with Gasteiger partial charge in [-0.25, -0.2) is 4.39 Å². The van der Waals surface area contributed by atoms with Crippen LogP contribution in [0.15, 0.2) is 18.2 Å². The molecule has 1 aromatic rings. The maximum absolute atomic E-state index is 12.7. The normalized spacial score (nSPS) is 9.20. The van der Waals surface area contributed by atoms with Gasteiger partial charge in [0.25, 0.3) is 0 Å². The zero-order valence-electron chi connectivity index (χ0n) is 8.85. The van der Waals surface area contributed by atoms with Crippen LogP contribution < -0.4 is 4.74 Å². The van der Waals surface area contributed by atoms with Gasteiger partial charge in [0.05, 0.1) is 6.61 Å². The van der Waals surface area contributed by atoms with E-state index in [4.69, 9.17) is 4.74 Å². The minimum absolute atomic E-state index is 0.399. The molecule has 0 aliphatic carbocycles. The fraction of sp³-hybridized carbons (Fsp3) is 0.385.